The average molecular weight is 888 g/mol. The standard InChI is InChI=1S/C62H45N7/c1-37-28-39(3)58-49(30-37)50-31-38(2)29-40(4)59(50)69(58)57-34-54(43(36-63)32-51(57)62-65-60(41-18-8-5-9-19-41)64-61(66-62)42-20-10-6-11-21-42)68-53-27-17-15-25-46(53)48-33-47-45-24-14-16-26-52(45)67(55(47)35-56(48)68)44-22-12-7-13-23-44/h5-28,30-35,40H,29H2,1-4H3. The lowest BCUT2D eigenvalue weighted by atomic mass is 9.88. The summed E-state index contributed by atoms with van der Waals surface area (Å²) >= 11 is 0. The van der Waals surface area contributed by atoms with Crippen molar-refractivity contribution >= 4 is 60.6 Å². The first-order valence-electron chi connectivity index (χ1n) is 23.6. The lowest BCUT2D eigenvalue weighted by molar-refractivity contribution is 0.700. The first-order valence-corrected chi connectivity index (χ1v) is 23.6. The van der Waals surface area contributed by atoms with Gasteiger partial charge in [-0.2, -0.15) is 5.26 Å². The van der Waals surface area contributed by atoms with Crippen molar-refractivity contribution in [3.8, 4) is 57.3 Å². The molecule has 1 atom stereocenters. The van der Waals surface area contributed by atoms with E-state index < -0.39 is 0 Å². The van der Waals surface area contributed by atoms with E-state index in [2.05, 4.69) is 163 Å². The third-order valence-electron chi connectivity index (χ3n) is 14.1. The Labute approximate surface area is 399 Å². The maximum atomic E-state index is 11.6. The summed E-state index contributed by atoms with van der Waals surface area (Å²) in [6, 6.07) is 64.3. The highest BCUT2D eigenvalue weighted by molar-refractivity contribution is 6.19. The highest BCUT2D eigenvalue weighted by Gasteiger charge is 2.30. The van der Waals surface area contributed by atoms with Gasteiger partial charge in [-0.1, -0.05) is 145 Å². The highest BCUT2D eigenvalue weighted by atomic mass is 15.1. The van der Waals surface area contributed by atoms with Crippen molar-refractivity contribution in [3.63, 3.8) is 0 Å². The Bertz CT molecular complexity index is 4090. The van der Waals surface area contributed by atoms with Gasteiger partial charge < -0.3 is 13.7 Å². The zero-order chi connectivity index (χ0) is 46.5. The van der Waals surface area contributed by atoms with E-state index >= 15 is 0 Å². The summed E-state index contributed by atoms with van der Waals surface area (Å²) in [5.74, 6) is 1.81. The van der Waals surface area contributed by atoms with Gasteiger partial charge in [0.25, 0.3) is 0 Å². The number of aromatic nitrogens is 6. The predicted octanol–water partition coefficient (Wildman–Crippen LogP) is 15.4. The summed E-state index contributed by atoms with van der Waals surface area (Å²) in [4.78, 5) is 15.7. The van der Waals surface area contributed by atoms with Gasteiger partial charge in [0.2, 0.25) is 0 Å². The average Bonchev–Trinajstić information content (AvgIpc) is 4.01. The molecule has 7 nitrogen and oxygen atoms in total. The number of nitrogens with zero attached hydrogens (tertiary/aromatic N) is 7. The second-order valence-corrected chi connectivity index (χ2v) is 18.7. The van der Waals surface area contributed by atoms with Crippen molar-refractivity contribution in [2.75, 3.05) is 0 Å². The lowest BCUT2D eigenvalue weighted by Crippen LogP contribution is -2.12. The van der Waals surface area contributed by atoms with Crippen LogP contribution in [-0.4, -0.2) is 28.7 Å². The molecule has 0 fully saturated rings. The first kappa shape index (κ1) is 40.4. The number of nitriles is 1. The van der Waals surface area contributed by atoms with Crippen molar-refractivity contribution < 1.29 is 0 Å². The number of benzene rings is 8. The second kappa shape index (κ2) is 15.6. The summed E-state index contributed by atoms with van der Waals surface area (Å²) in [5.41, 5.74) is 17.4. The zero-order valence-electron chi connectivity index (χ0n) is 38.7. The number of hydrogen-bond acceptors (Lipinski definition) is 4. The fourth-order valence-corrected chi connectivity index (χ4v) is 11.3. The van der Waals surface area contributed by atoms with Gasteiger partial charge in [-0.05, 0) is 87.4 Å². The molecule has 12 aromatic rings. The van der Waals surface area contributed by atoms with Gasteiger partial charge in [0.1, 0.15) is 6.07 Å². The summed E-state index contributed by atoms with van der Waals surface area (Å²) in [5, 5.41) is 17.4. The third-order valence-corrected chi connectivity index (χ3v) is 14.1. The van der Waals surface area contributed by atoms with Crippen LogP contribution < -0.4 is 0 Å². The van der Waals surface area contributed by atoms with Crippen LogP contribution in [0.3, 0.4) is 0 Å². The molecule has 1 unspecified atom stereocenters. The molecule has 0 radical (unpaired) electrons. The Balaban J connectivity index is 1.19. The van der Waals surface area contributed by atoms with E-state index in [9.17, 15) is 5.26 Å². The number of para-hydroxylation sites is 3. The Morgan fingerprint density at radius 3 is 1.71 bits per heavy atom. The third kappa shape index (κ3) is 6.29. The number of fused-ring (bicyclic) bond motifs is 9. The predicted molar refractivity (Wildman–Crippen MR) is 283 cm³/mol. The summed E-state index contributed by atoms with van der Waals surface area (Å²) in [6.45, 7) is 8.98. The van der Waals surface area contributed by atoms with Crippen LogP contribution in [-0.2, 0) is 0 Å². The molecule has 1 aliphatic rings. The minimum Gasteiger partial charge on any atom is -0.312 e. The largest absolute Gasteiger partial charge is 0.312 e. The number of hydrogen-bond donors (Lipinski definition) is 0. The Morgan fingerprint density at radius 2 is 1.07 bits per heavy atom. The van der Waals surface area contributed by atoms with E-state index in [4.69, 9.17) is 15.0 Å². The molecule has 0 saturated heterocycles. The van der Waals surface area contributed by atoms with E-state index in [0.717, 1.165) is 78.5 Å². The van der Waals surface area contributed by atoms with E-state index in [-0.39, 0.29) is 5.92 Å². The van der Waals surface area contributed by atoms with Crippen molar-refractivity contribution in [2.45, 2.75) is 40.0 Å². The van der Waals surface area contributed by atoms with E-state index in [1.54, 1.807) is 0 Å². The van der Waals surface area contributed by atoms with Crippen molar-refractivity contribution in [3.05, 3.63) is 209 Å². The number of aryl methyl sites for hydroxylation is 2. The first-order chi connectivity index (χ1) is 33.8. The maximum absolute atomic E-state index is 11.6. The molecule has 69 heavy (non-hydrogen) atoms. The van der Waals surface area contributed by atoms with Crippen LogP contribution in [0.15, 0.2) is 181 Å². The van der Waals surface area contributed by atoms with Crippen LogP contribution >= 0.6 is 0 Å². The van der Waals surface area contributed by atoms with Crippen molar-refractivity contribution in [1.82, 2.24) is 28.7 Å². The van der Waals surface area contributed by atoms with Crippen LogP contribution in [0.5, 0.6) is 0 Å². The summed E-state index contributed by atoms with van der Waals surface area (Å²) in [7, 11) is 0. The van der Waals surface area contributed by atoms with Crippen molar-refractivity contribution in [2.24, 2.45) is 0 Å². The Kier molecular flexibility index (Phi) is 9.15. The minimum absolute atomic E-state index is 0.198. The number of rotatable bonds is 6. The molecule has 0 saturated carbocycles. The fraction of sp³-hybridized carbons (Fsp3) is 0.0968. The van der Waals surface area contributed by atoms with E-state index in [1.165, 1.54) is 44.1 Å². The molecule has 8 aromatic carbocycles. The smallest absolute Gasteiger partial charge is 0.166 e. The van der Waals surface area contributed by atoms with E-state index in [1.807, 2.05) is 66.7 Å². The normalized spacial score (nSPS) is 13.7. The van der Waals surface area contributed by atoms with Crippen LogP contribution in [0, 0.1) is 25.2 Å². The quantitative estimate of drug-likeness (QED) is 0.167. The van der Waals surface area contributed by atoms with Gasteiger partial charge in [-0.3, -0.25) is 0 Å². The Hall–Kier alpha value is -8.86. The molecule has 0 amide bonds. The van der Waals surface area contributed by atoms with Crippen LogP contribution in [0.2, 0.25) is 0 Å². The monoisotopic (exact) mass is 887 g/mol. The maximum Gasteiger partial charge on any atom is 0.166 e. The Morgan fingerprint density at radius 1 is 0.507 bits per heavy atom. The van der Waals surface area contributed by atoms with Crippen LogP contribution in [0.1, 0.15) is 54.1 Å². The van der Waals surface area contributed by atoms with Crippen LogP contribution in [0.25, 0.3) is 112 Å². The van der Waals surface area contributed by atoms with Crippen LogP contribution in [0.4, 0.5) is 0 Å². The molecule has 0 aliphatic heterocycles. The molecule has 0 spiro atoms. The van der Waals surface area contributed by atoms with Gasteiger partial charge in [-0.25, -0.2) is 15.0 Å². The molecule has 7 heteroatoms. The molecule has 4 aromatic heterocycles. The highest BCUT2D eigenvalue weighted by Crippen LogP contribution is 2.46. The molecule has 328 valence electrons. The summed E-state index contributed by atoms with van der Waals surface area (Å²) in [6.07, 6.45) is 3.31. The van der Waals surface area contributed by atoms with Gasteiger partial charge in [0, 0.05) is 66.5 Å². The summed E-state index contributed by atoms with van der Waals surface area (Å²) < 4.78 is 7.14. The van der Waals surface area contributed by atoms with Crippen molar-refractivity contribution in [1.29, 1.82) is 5.26 Å². The van der Waals surface area contributed by atoms with Gasteiger partial charge in [0.05, 0.1) is 44.5 Å². The molecular weight excluding hydrogens is 843 g/mol. The molecule has 0 N–H and O–H groups in total. The molecular formula is C62H45N7. The SMILES string of the molecule is CC1=Cc2c(n(-c3cc(-n4c5ccccc5c5cc6c7ccccc7n(-c7ccccc7)c6cc54)c(C#N)cc3-c3nc(-c4ccccc4)nc(-c4ccccc4)n3)c3c(C)cc(C)cc23)C(C)C1. The molecule has 4 heterocycles. The van der Waals surface area contributed by atoms with Gasteiger partial charge in [0.15, 0.2) is 17.5 Å². The lowest BCUT2D eigenvalue weighted by Gasteiger charge is -2.24. The fourth-order valence-electron chi connectivity index (χ4n) is 11.3. The molecule has 0 bridgehead atoms. The van der Waals surface area contributed by atoms with Gasteiger partial charge >= 0.3 is 0 Å². The van der Waals surface area contributed by atoms with E-state index in [0.29, 0.717) is 23.0 Å². The number of allylic oxidation sites excluding steroid dienone is 1. The molecule has 13 rings (SSSR count). The van der Waals surface area contributed by atoms with Gasteiger partial charge in [-0.15, -0.1) is 0 Å². The second-order valence-electron chi connectivity index (χ2n) is 18.7. The topological polar surface area (TPSA) is 77.2 Å². The molecule has 1 aliphatic carbocycles. The minimum atomic E-state index is 0.198. The zero-order valence-corrected chi connectivity index (χ0v) is 38.7.